The molecule has 2 heterocycles. The van der Waals surface area contributed by atoms with Crippen LogP contribution in [0.15, 0.2) is 88.1 Å². The summed E-state index contributed by atoms with van der Waals surface area (Å²) in [4.78, 5) is 55.8. The molecular formula is C85H149NO23P2. The summed E-state index contributed by atoms with van der Waals surface area (Å²) in [5.41, 5.74) is 0. The summed E-state index contributed by atoms with van der Waals surface area (Å²) in [5.74, 6) is -1.07. The van der Waals surface area contributed by atoms with E-state index in [1.807, 2.05) is 0 Å². The summed E-state index contributed by atoms with van der Waals surface area (Å²) in [7, 11) is -7.76. The smallest absolute Gasteiger partial charge is 0.431 e. The third kappa shape index (κ3) is 49.5. The van der Waals surface area contributed by atoms with Gasteiger partial charge in [-0.25, -0.2) is 18.7 Å². The molecule has 26 heteroatoms. The number of ether oxygens (including phenoxy) is 11. The molecule has 0 aromatic rings. The molecule has 0 aromatic carbocycles. The summed E-state index contributed by atoms with van der Waals surface area (Å²) in [6.45, 7) is 28.3. The van der Waals surface area contributed by atoms with Gasteiger partial charge in [0.15, 0.2) is 18.7 Å². The second-order valence-corrected chi connectivity index (χ2v) is 31.8. The van der Waals surface area contributed by atoms with Gasteiger partial charge in [0.2, 0.25) is 5.91 Å². The van der Waals surface area contributed by atoms with Crippen LogP contribution in [0.3, 0.4) is 0 Å². The number of allylic oxidation sites excluding steroid dienone is 2. The van der Waals surface area contributed by atoms with Crippen LogP contribution in [-0.2, 0) is 98.0 Å². The predicted molar refractivity (Wildman–Crippen MR) is 436 cm³/mol. The lowest BCUT2D eigenvalue weighted by atomic mass is 9.95. The highest BCUT2D eigenvalue weighted by atomic mass is 31.2. The lowest BCUT2D eigenvalue weighted by molar-refractivity contribution is -0.328. The molecule has 0 unspecified atom stereocenters. The zero-order valence-electron chi connectivity index (χ0n) is 69.1. The number of phosphoric ester groups is 2. The summed E-state index contributed by atoms with van der Waals surface area (Å²) < 4.78 is 136. The number of rotatable bonds is 77. The fourth-order valence-electron chi connectivity index (χ4n) is 12.9. The first-order chi connectivity index (χ1) is 54.1. The minimum atomic E-state index is -4.76. The number of hydrogen-bond donors (Lipinski definition) is 1. The maximum Gasteiger partial charge on any atom is 0.509 e. The molecule has 24 nitrogen and oxygen atoms in total. The van der Waals surface area contributed by atoms with Gasteiger partial charge in [-0.2, -0.15) is 0 Å². The normalized spacial score (nSPS) is 20.3. The molecule has 111 heavy (non-hydrogen) atoms. The fraction of sp³-hybridized carbons (Fsp3) is 0.788. The number of ketones is 1. The molecule has 1 N–H and O–H groups in total. The van der Waals surface area contributed by atoms with Crippen molar-refractivity contribution in [2.75, 3.05) is 79.8 Å². The van der Waals surface area contributed by atoms with Gasteiger partial charge < -0.3 is 57.4 Å². The van der Waals surface area contributed by atoms with Crippen LogP contribution in [0.2, 0.25) is 0 Å². The van der Waals surface area contributed by atoms with Crippen LogP contribution in [0.1, 0.15) is 285 Å². The Hall–Kier alpha value is -4.20. The van der Waals surface area contributed by atoms with E-state index in [-0.39, 0.29) is 77.8 Å². The van der Waals surface area contributed by atoms with Crippen LogP contribution in [0.25, 0.3) is 0 Å². The van der Waals surface area contributed by atoms with Crippen LogP contribution in [-0.4, -0.2) is 171 Å². The van der Waals surface area contributed by atoms with Crippen LogP contribution in [0.5, 0.6) is 0 Å². The quantitative estimate of drug-likeness (QED) is 0.0195. The van der Waals surface area contributed by atoms with Gasteiger partial charge >= 0.3 is 28.0 Å². The van der Waals surface area contributed by atoms with Crippen molar-refractivity contribution in [2.45, 2.75) is 352 Å². The molecule has 2 aliphatic heterocycles. The van der Waals surface area contributed by atoms with Gasteiger partial charge in [0.1, 0.15) is 68.3 Å². The van der Waals surface area contributed by atoms with Crippen molar-refractivity contribution in [1.82, 2.24) is 5.32 Å². The number of nitrogens with one attached hydrogen (secondary N) is 1. The molecule has 0 aromatic heterocycles. The van der Waals surface area contributed by atoms with Crippen LogP contribution in [0.4, 0.5) is 9.59 Å². The van der Waals surface area contributed by atoms with E-state index >= 15 is 4.57 Å². The van der Waals surface area contributed by atoms with Crippen molar-refractivity contribution in [3.05, 3.63) is 88.1 Å². The lowest BCUT2D eigenvalue weighted by Gasteiger charge is -2.48. The Morgan fingerprint density at radius 2 is 0.820 bits per heavy atom. The second-order valence-electron chi connectivity index (χ2n) is 28.6. The highest BCUT2D eigenvalue weighted by Crippen LogP contribution is 2.54. The van der Waals surface area contributed by atoms with E-state index in [4.69, 9.17) is 79.2 Å². The number of methoxy groups -OCH3 is 1. The molecule has 1 amide bonds. The zero-order chi connectivity index (χ0) is 81.1. The molecule has 0 radical (unpaired) electrons. The molecule has 0 spiro atoms. The Bertz CT molecular complexity index is 2530. The Kier molecular flexibility index (Phi) is 63.9. The Morgan fingerprint density at radius 1 is 0.405 bits per heavy atom. The summed E-state index contributed by atoms with van der Waals surface area (Å²) in [6.07, 6.45) is 34.6. The fourth-order valence-corrected chi connectivity index (χ4v) is 15.5. The first-order valence-electron chi connectivity index (χ1n) is 42.3. The number of unbranched alkanes of at least 4 members (excludes halogenated alkanes) is 31. The number of Topliss-reactive ketones (excluding diaryl/α,β-unsaturated/α-hetero) is 1. The summed E-state index contributed by atoms with van der Waals surface area (Å²) >= 11 is 0. The van der Waals surface area contributed by atoms with Crippen LogP contribution in [0, 0.1) is 0 Å². The van der Waals surface area contributed by atoms with Crippen molar-refractivity contribution in [3.8, 4) is 0 Å². The summed E-state index contributed by atoms with van der Waals surface area (Å²) in [6, 6.07) is -1.53. The number of amides is 1. The van der Waals surface area contributed by atoms with E-state index in [1.54, 1.807) is 7.11 Å². The topological polar surface area (TPSA) is 271 Å². The minimum absolute atomic E-state index is 0.0193. The van der Waals surface area contributed by atoms with Gasteiger partial charge in [0, 0.05) is 33.4 Å². The number of carbonyl (C=O) groups is 4. The molecule has 0 aliphatic carbocycles. The lowest BCUT2D eigenvalue weighted by Crippen LogP contribution is -2.67. The highest BCUT2D eigenvalue weighted by Gasteiger charge is 2.56. The minimum Gasteiger partial charge on any atom is -0.431 e. The van der Waals surface area contributed by atoms with Gasteiger partial charge in [-0.15, -0.1) is 26.3 Å². The Morgan fingerprint density at radius 3 is 1.32 bits per heavy atom. The van der Waals surface area contributed by atoms with Crippen molar-refractivity contribution in [1.29, 1.82) is 0 Å². The average Bonchev–Trinajstić information content (AvgIpc) is 0.778. The average molecular weight is 1620 g/mol. The predicted octanol–water partition coefficient (Wildman–Crippen LogP) is 21.4. The Labute approximate surface area is 669 Å². The molecule has 2 saturated heterocycles. The van der Waals surface area contributed by atoms with Crippen molar-refractivity contribution in [2.24, 2.45) is 0 Å². The monoisotopic (exact) mass is 1610 g/mol. The van der Waals surface area contributed by atoms with Gasteiger partial charge in [-0.1, -0.05) is 276 Å². The maximum atomic E-state index is 15.0. The molecule has 2 fully saturated rings. The van der Waals surface area contributed by atoms with Crippen molar-refractivity contribution >= 4 is 39.6 Å². The van der Waals surface area contributed by atoms with E-state index in [0.717, 1.165) is 167 Å². The molecular weight excluding hydrogens is 1460 g/mol. The second kappa shape index (κ2) is 69.0. The van der Waals surface area contributed by atoms with Gasteiger partial charge in [-0.05, 0) is 57.8 Å². The van der Waals surface area contributed by atoms with Gasteiger partial charge in [0.05, 0.1) is 45.6 Å². The summed E-state index contributed by atoms with van der Waals surface area (Å²) in [5, 5.41) is 2.90. The van der Waals surface area contributed by atoms with E-state index in [0.29, 0.717) is 25.7 Å². The third-order valence-corrected chi connectivity index (χ3v) is 21.8. The molecule has 2 rings (SSSR count). The molecule has 0 saturated carbocycles. The number of phosphoric acid groups is 2. The van der Waals surface area contributed by atoms with Gasteiger partial charge in [-0.3, -0.25) is 36.7 Å². The maximum absolute atomic E-state index is 15.0. The van der Waals surface area contributed by atoms with E-state index < -0.39 is 115 Å². The third-order valence-electron chi connectivity index (χ3n) is 19.0. The Balaban J connectivity index is 3.00. The number of carbonyl (C=O) groups excluding carboxylic acids is 4. The largest absolute Gasteiger partial charge is 0.509 e. The number of hydrogen-bond acceptors (Lipinski definition) is 23. The van der Waals surface area contributed by atoms with Gasteiger partial charge in [0.25, 0.3) is 0 Å². The van der Waals surface area contributed by atoms with E-state index in [9.17, 15) is 23.7 Å². The van der Waals surface area contributed by atoms with E-state index in [1.165, 1.54) is 87.8 Å². The first-order valence-corrected chi connectivity index (χ1v) is 45.2. The molecule has 2 aliphatic rings. The van der Waals surface area contributed by atoms with Crippen molar-refractivity contribution < 1.29 is 108 Å². The SMILES string of the molecule is C=CCOC(=O)OC[C@H]1O[C@@H](OC[C@H]2O[C@H](OP(=O)(OCC=C)OCC=C)[C@@H](NC(=O)CC(=O)CCCCCCCCCCC)[C@@H](OCCCCCCCCCC)[C@@H]2OC(=O)OCC=C)[C@H](OCCCCCCCCCC/C=C\CCCCCC)[C@@H](OCC[C@H](CCCCCCC)OC)[C@@H]1OP(=O)(OCC=C)OCC=C. The van der Waals surface area contributed by atoms with Crippen molar-refractivity contribution in [3.63, 3.8) is 0 Å². The molecule has 0 bridgehead atoms. The standard InChI is InChI=1S/C85H149NO23P2/c1-12-22-26-30-33-36-37-38-39-40-41-42-44-47-51-55-66-95-81-80(96-67-58-72(93-11)57-53-48-29-25-15-4)78(108-110(91,101-61-18-7)102-62-19-8)74(70-100-84(89)97-59-16-5)106-83(81)99-69-73-77(107-85(90)98-60-17-6)79(94-65-54-50-46-35-32-28-24-14-3)76(82(105-73)109-111(92,103-63-20-9)104-64-21-10)86-75(88)68-71(87)56-52-49-45-43-34-31-27-23-13-2/h16-21,36-37,72-74,76-83H,5-10,12-15,22-35,38-70H2,1-4,11H3,(H,86,88)/b37-36-/t72-,73+,74+,76-,77+,78+,79+,80-,81+,82+,83+/m0/s1. The molecule has 11 atom stereocenters. The first kappa shape index (κ1) is 103. The highest BCUT2D eigenvalue weighted by molar-refractivity contribution is 7.48. The van der Waals surface area contributed by atoms with Crippen LogP contribution < -0.4 is 5.32 Å². The van der Waals surface area contributed by atoms with E-state index in [2.05, 4.69) is 84.6 Å². The van der Waals surface area contributed by atoms with Crippen LogP contribution >= 0.6 is 15.6 Å². The molecule has 642 valence electrons. The zero-order valence-corrected chi connectivity index (χ0v) is 70.8.